The second kappa shape index (κ2) is 7.12. The second-order valence-corrected chi connectivity index (χ2v) is 7.56. The van der Waals surface area contributed by atoms with Crippen molar-refractivity contribution in [2.24, 2.45) is 5.92 Å². The number of fused-ring (bicyclic) bond motifs is 1. The van der Waals surface area contributed by atoms with Gasteiger partial charge in [-0.1, -0.05) is 29.8 Å². The molecule has 4 rings (SSSR count). The van der Waals surface area contributed by atoms with Gasteiger partial charge < -0.3 is 10.2 Å². The van der Waals surface area contributed by atoms with Crippen LogP contribution < -0.4 is 5.32 Å². The first kappa shape index (κ1) is 17.1. The SMILES string of the molecule is O=C(Cc1ccc(Cl)cc1)Nc1ccc2c(c1)CN(C(=O)C1CC1)CC2. The summed E-state index contributed by atoms with van der Waals surface area (Å²) in [6.45, 7) is 1.44. The highest BCUT2D eigenvalue weighted by Crippen LogP contribution is 2.33. The van der Waals surface area contributed by atoms with Crippen LogP contribution in [0.1, 0.15) is 29.5 Å². The molecule has 1 heterocycles. The Morgan fingerprint density at radius 3 is 2.58 bits per heavy atom. The lowest BCUT2D eigenvalue weighted by atomic mass is 9.98. The highest BCUT2D eigenvalue weighted by atomic mass is 35.5. The van der Waals surface area contributed by atoms with Crippen molar-refractivity contribution in [3.8, 4) is 0 Å². The van der Waals surface area contributed by atoms with Crippen LogP contribution in [-0.4, -0.2) is 23.3 Å². The Morgan fingerprint density at radius 1 is 1.08 bits per heavy atom. The summed E-state index contributed by atoms with van der Waals surface area (Å²) in [6, 6.07) is 13.3. The topological polar surface area (TPSA) is 49.4 Å². The molecule has 1 aliphatic carbocycles. The van der Waals surface area contributed by atoms with Crippen molar-refractivity contribution in [3.05, 3.63) is 64.2 Å². The van der Waals surface area contributed by atoms with Crippen molar-refractivity contribution in [2.45, 2.75) is 32.2 Å². The van der Waals surface area contributed by atoms with E-state index < -0.39 is 0 Å². The first-order chi connectivity index (χ1) is 12.6. The fourth-order valence-electron chi connectivity index (χ4n) is 3.40. The molecule has 2 aromatic rings. The zero-order chi connectivity index (χ0) is 18.1. The van der Waals surface area contributed by atoms with E-state index in [1.165, 1.54) is 5.56 Å². The number of halogens is 1. The van der Waals surface area contributed by atoms with Crippen LogP contribution in [0.3, 0.4) is 0 Å². The number of nitrogens with one attached hydrogen (secondary N) is 1. The van der Waals surface area contributed by atoms with Gasteiger partial charge in [0.1, 0.15) is 0 Å². The maximum absolute atomic E-state index is 12.3. The molecule has 0 bridgehead atoms. The third-order valence-electron chi connectivity index (χ3n) is 5.02. The van der Waals surface area contributed by atoms with Crippen molar-refractivity contribution in [2.75, 3.05) is 11.9 Å². The smallest absolute Gasteiger partial charge is 0.228 e. The fraction of sp³-hybridized carbons (Fsp3) is 0.333. The van der Waals surface area contributed by atoms with E-state index in [9.17, 15) is 9.59 Å². The molecule has 2 aromatic carbocycles. The van der Waals surface area contributed by atoms with Crippen LogP contribution in [0, 0.1) is 5.92 Å². The lowest BCUT2D eigenvalue weighted by Gasteiger charge is -2.29. The van der Waals surface area contributed by atoms with Gasteiger partial charge in [0.25, 0.3) is 0 Å². The van der Waals surface area contributed by atoms with E-state index in [0.29, 0.717) is 18.0 Å². The molecule has 5 heteroatoms. The Labute approximate surface area is 158 Å². The first-order valence-electron chi connectivity index (χ1n) is 9.03. The molecule has 134 valence electrons. The lowest BCUT2D eigenvalue weighted by molar-refractivity contribution is -0.133. The van der Waals surface area contributed by atoms with Gasteiger partial charge in [0.05, 0.1) is 6.42 Å². The van der Waals surface area contributed by atoms with Crippen molar-refractivity contribution in [1.82, 2.24) is 4.90 Å². The summed E-state index contributed by atoms with van der Waals surface area (Å²) >= 11 is 5.87. The maximum Gasteiger partial charge on any atom is 0.228 e. The minimum Gasteiger partial charge on any atom is -0.338 e. The molecule has 1 fully saturated rings. The Hall–Kier alpha value is -2.33. The number of hydrogen-bond acceptors (Lipinski definition) is 2. The van der Waals surface area contributed by atoms with Crippen LogP contribution in [0.5, 0.6) is 0 Å². The summed E-state index contributed by atoms with van der Waals surface area (Å²) in [4.78, 5) is 26.6. The standard InChI is InChI=1S/C21H21ClN2O2/c22-18-6-1-14(2-7-18)11-20(25)23-19-8-5-15-9-10-24(13-17(15)12-19)21(26)16-3-4-16/h1-2,5-8,12,16H,3-4,9-11,13H2,(H,23,25). The predicted molar refractivity (Wildman–Crippen MR) is 102 cm³/mol. The molecule has 1 N–H and O–H groups in total. The number of carbonyl (C=O) groups is 2. The summed E-state index contributed by atoms with van der Waals surface area (Å²) in [5, 5.41) is 3.62. The molecule has 1 saturated carbocycles. The third kappa shape index (κ3) is 3.91. The van der Waals surface area contributed by atoms with E-state index in [0.717, 1.165) is 42.6 Å². The molecule has 0 aromatic heterocycles. The minimum atomic E-state index is -0.0611. The van der Waals surface area contributed by atoms with Gasteiger partial charge in [-0.25, -0.2) is 0 Å². The van der Waals surface area contributed by atoms with E-state index in [4.69, 9.17) is 11.6 Å². The molecular formula is C21H21ClN2O2. The van der Waals surface area contributed by atoms with Crippen LogP contribution in [0.25, 0.3) is 0 Å². The van der Waals surface area contributed by atoms with Gasteiger partial charge in [0, 0.05) is 29.7 Å². The predicted octanol–water partition coefficient (Wildman–Crippen LogP) is 3.82. The largest absolute Gasteiger partial charge is 0.338 e. The third-order valence-corrected chi connectivity index (χ3v) is 5.27. The normalized spacial score (nSPS) is 16.1. The summed E-state index contributed by atoms with van der Waals surface area (Å²) in [5.74, 6) is 0.473. The zero-order valence-corrected chi connectivity index (χ0v) is 15.3. The van der Waals surface area contributed by atoms with Crippen molar-refractivity contribution >= 4 is 29.1 Å². The highest BCUT2D eigenvalue weighted by molar-refractivity contribution is 6.30. The van der Waals surface area contributed by atoms with Crippen molar-refractivity contribution < 1.29 is 9.59 Å². The molecule has 2 amide bonds. The Balaban J connectivity index is 1.41. The van der Waals surface area contributed by atoms with Gasteiger partial charge in [-0.15, -0.1) is 0 Å². The number of amides is 2. The molecule has 0 radical (unpaired) electrons. The summed E-state index contributed by atoms with van der Waals surface area (Å²) in [7, 11) is 0. The average Bonchev–Trinajstić information content (AvgIpc) is 3.47. The van der Waals surface area contributed by atoms with Crippen LogP contribution in [-0.2, 0) is 29.0 Å². The first-order valence-corrected chi connectivity index (χ1v) is 9.41. The van der Waals surface area contributed by atoms with Gasteiger partial charge in [-0.2, -0.15) is 0 Å². The number of anilines is 1. The quantitative estimate of drug-likeness (QED) is 0.891. The van der Waals surface area contributed by atoms with Gasteiger partial charge in [-0.3, -0.25) is 9.59 Å². The molecule has 0 spiro atoms. The minimum absolute atomic E-state index is 0.0611. The Bertz CT molecular complexity index is 844. The van der Waals surface area contributed by atoms with Crippen molar-refractivity contribution in [3.63, 3.8) is 0 Å². The van der Waals surface area contributed by atoms with E-state index in [1.807, 2.05) is 29.2 Å². The van der Waals surface area contributed by atoms with Gasteiger partial charge in [-0.05, 0) is 60.2 Å². The number of rotatable bonds is 4. The molecule has 26 heavy (non-hydrogen) atoms. The van der Waals surface area contributed by atoms with Crippen LogP contribution in [0.15, 0.2) is 42.5 Å². The number of hydrogen-bond donors (Lipinski definition) is 1. The number of nitrogens with zero attached hydrogens (tertiary/aromatic N) is 1. The van der Waals surface area contributed by atoms with Gasteiger partial charge in [0.2, 0.25) is 11.8 Å². The molecule has 0 atom stereocenters. The second-order valence-electron chi connectivity index (χ2n) is 7.12. The van der Waals surface area contributed by atoms with Crippen LogP contribution in [0.4, 0.5) is 5.69 Å². The molecule has 4 nitrogen and oxygen atoms in total. The zero-order valence-electron chi connectivity index (χ0n) is 14.5. The van der Waals surface area contributed by atoms with Gasteiger partial charge >= 0.3 is 0 Å². The Kier molecular flexibility index (Phi) is 4.68. The monoisotopic (exact) mass is 368 g/mol. The summed E-state index contributed by atoms with van der Waals surface area (Å²) in [6.07, 6.45) is 3.25. The molecule has 0 saturated heterocycles. The maximum atomic E-state index is 12.3. The number of carbonyl (C=O) groups excluding carboxylic acids is 2. The molecular weight excluding hydrogens is 348 g/mol. The molecule has 0 unspecified atom stereocenters. The van der Waals surface area contributed by atoms with Crippen molar-refractivity contribution in [1.29, 1.82) is 0 Å². The average molecular weight is 369 g/mol. The van der Waals surface area contributed by atoms with Crippen LogP contribution >= 0.6 is 11.6 Å². The fourth-order valence-corrected chi connectivity index (χ4v) is 3.53. The molecule has 1 aliphatic heterocycles. The van der Waals surface area contributed by atoms with E-state index in [2.05, 4.69) is 11.4 Å². The van der Waals surface area contributed by atoms with E-state index in [1.54, 1.807) is 12.1 Å². The van der Waals surface area contributed by atoms with Crippen LogP contribution in [0.2, 0.25) is 5.02 Å². The Morgan fingerprint density at radius 2 is 1.85 bits per heavy atom. The summed E-state index contributed by atoms with van der Waals surface area (Å²) < 4.78 is 0. The van der Waals surface area contributed by atoms with Gasteiger partial charge in [0.15, 0.2) is 0 Å². The van der Waals surface area contributed by atoms with E-state index in [-0.39, 0.29) is 17.7 Å². The molecule has 2 aliphatic rings. The highest BCUT2D eigenvalue weighted by Gasteiger charge is 2.34. The number of benzene rings is 2. The lowest BCUT2D eigenvalue weighted by Crippen LogP contribution is -2.36. The van der Waals surface area contributed by atoms with E-state index >= 15 is 0 Å². The summed E-state index contributed by atoms with van der Waals surface area (Å²) in [5.41, 5.74) is 4.10.